The molecule has 3 heterocycles. The van der Waals surface area contributed by atoms with Gasteiger partial charge >= 0.3 is 5.69 Å². The molecule has 1 fully saturated rings. The predicted octanol–water partition coefficient (Wildman–Crippen LogP) is 0.105. The van der Waals surface area contributed by atoms with Crippen molar-refractivity contribution in [1.82, 2.24) is 23.3 Å². The summed E-state index contributed by atoms with van der Waals surface area (Å²) in [4.78, 5) is 43.0. The van der Waals surface area contributed by atoms with Crippen molar-refractivity contribution < 1.29 is 17.6 Å². The monoisotopic (exact) mass is 504 g/mol. The van der Waals surface area contributed by atoms with Gasteiger partial charge in [0.1, 0.15) is 16.4 Å². The Bertz CT molecular complexity index is 1530. The van der Waals surface area contributed by atoms with Gasteiger partial charge in [0.15, 0.2) is 0 Å². The molecule has 11 nitrogen and oxygen atoms in total. The number of nitrogens with zero attached hydrogens (tertiary/aromatic N) is 5. The average molecular weight is 505 g/mol. The van der Waals surface area contributed by atoms with Crippen molar-refractivity contribution in [2.24, 2.45) is 14.1 Å². The van der Waals surface area contributed by atoms with Crippen molar-refractivity contribution in [1.29, 1.82) is 0 Å². The molecule has 13 heteroatoms. The van der Waals surface area contributed by atoms with E-state index in [-0.39, 0.29) is 34.9 Å². The molecule has 3 aromatic rings. The lowest BCUT2D eigenvalue weighted by atomic mass is 10.2. The van der Waals surface area contributed by atoms with Crippen LogP contribution in [0.3, 0.4) is 0 Å². The number of halogens is 1. The maximum absolute atomic E-state index is 13.4. The average Bonchev–Trinajstić information content (AvgIpc) is 2.85. The van der Waals surface area contributed by atoms with E-state index in [9.17, 15) is 27.2 Å². The minimum atomic E-state index is -3.96. The van der Waals surface area contributed by atoms with Crippen molar-refractivity contribution in [2.45, 2.75) is 17.9 Å². The third-order valence-corrected chi connectivity index (χ3v) is 8.06. The maximum atomic E-state index is 13.4. The van der Waals surface area contributed by atoms with Gasteiger partial charge in [0.25, 0.3) is 5.56 Å². The number of rotatable bonds is 5. The van der Waals surface area contributed by atoms with Crippen LogP contribution in [0, 0.1) is 5.82 Å². The number of sulfonamides is 1. The van der Waals surface area contributed by atoms with Gasteiger partial charge in [-0.1, -0.05) is 6.07 Å². The van der Waals surface area contributed by atoms with Crippen molar-refractivity contribution in [2.75, 3.05) is 31.5 Å². The molecule has 1 amide bonds. The summed E-state index contributed by atoms with van der Waals surface area (Å²) >= 11 is 0. The number of fused-ring (bicyclic) bond motifs is 1. The first-order chi connectivity index (χ1) is 16.5. The molecule has 0 bridgehead atoms. The highest BCUT2D eigenvalue weighted by atomic mass is 32.2. The molecule has 1 saturated heterocycles. The van der Waals surface area contributed by atoms with Crippen LogP contribution in [0.1, 0.15) is 6.92 Å². The SMILES string of the molecule is CC(C(=O)Nc1cccc(F)c1)N1CCN(S(=O)(=O)c2cnc3c(c2)c(=O)n(C)c(=O)n3C)CC1. The van der Waals surface area contributed by atoms with E-state index in [0.29, 0.717) is 18.8 Å². The predicted molar refractivity (Wildman–Crippen MR) is 127 cm³/mol. The number of carbonyl (C=O) groups is 1. The molecule has 1 aliphatic rings. The molecule has 1 N–H and O–H groups in total. The Labute approximate surface area is 200 Å². The van der Waals surface area contributed by atoms with E-state index < -0.39 is 33.1 Å². The van der Waals surface area contributed by atoms with Gasteiger partial charge in [-0.3, -0.25) is 23.6 Å². The molecule has 0 spiro atoms. The highest BCUT2D eigenvalue weighted by molar-refractivity contribution is 7.89. The van der Waals surface area contributed by atoms with Crippen LogP contribution < -0.4 is 16.6 Å². The highest BCUT2D eigenvalue weighted by Crippen LogP contribution is 2.20. The highest BCUT2D eigenvalue weighted by Gasteiger charge is 2.32. The maximum Gasteiger partial charge on any atom is 0.332 e. The molecule has 186 valence electrons. The second-order valence-electron chi connectivity index (χ2n) is 8.36. The Hall–Kier alpha value is -3.42. The topological polar surface area (TPSA) is 127 Å². The Kier molecular flexibility index (Phi) is 6.58. The molecule has 4 rings (SSSR count). The molecule has 1 atom stereocenters. The number of pyridine rings is 1. The summed E-state index contributed by atoms with van der Waals surface area (Å²) in [5, 5.41) is 2.69. The van der Waals surface area contributed by atoms with Crippen LogP contribution in [0.5, 0.6) is 0 Å². The van der Waals surface area contributed by atoms with Gasteiger partial charge in [-0.2, -0.15) is 4.31 Å². The first-order valence-corrected chi connectivity index (χ1v) is 12.3. The van der Waals surface area contributed by atoms with E-state index in [2.05, 4.69) is 10.3 Å². The molecule has 1 aliphatic heterocycles. The first-order valence-electron chi connectivity index (χ1n) is 10.9. The fraction of sp³-hybridized carbons (Fsp3) is 0.364. The van der Waals surface area contributed by atoms with Gasteiger partial charge in [0.2, 0.25) is 15.9 Å². The zero-order valence-electron chi connectivity index (χ0n) is 19.4. The number of amides is 1. The lowest BCUT2D eigenvalue weighted by Crippen LogP contribution is -2.53. The van der Waals surface area contributed by atoms with Crippen LogP contribution in [0.25, 0.3) is 11.0 Å². The van der Waals surface area contributed by atoms with Crippen LogP contribution in [0.15, 0.2) is 51.0 Å². The lowest BCUT2D eigenvalue weighted by Gasteiger charge is -2.36. The second-order valence-corrected chi connectivity index (χ2v) is 10.3. The Morgan fingerprint density at radius 2 is 1.77 bits per heavy atom. The van der Waals surface area contributed by atoms with Crippen LogP contribution in [-0.2, 0) is 28.9 Å². The van der Waals surface area contributed by atoms with Crippen LogP contribution >= 0.6 is 0 Å². The van der Waals surface area contributed by atoms with Gasteiger partial charge in [0, 0.05) is 52.2 Å². The molecule has 2 aromatic heterocycles. The molecule has 1 unspecified atom stereocenters. The number of aryl methyl sites for hydroxylation is 1. The van der Waals surface area contributed by atoms with Gasteiger partial charge in [-0.15, -0.1) is 0 Å². The van der Waals surface area contributed by atoms with Crippen LogP contribution in [0.4, 0.5) is 10.1 Å². The summed E-state index contributed by atoms with van der Waals surface area (Å²) in [6.45, 7) is 2.56. The summed E-state index contributed by atoms with van der Waals surface area (Å²) in [6, 6.07) is 6.26. The number of nitrogens with one attached hydrogen (secondary N) is 1. The zero-order chi connectivity index (χ0) is 25.5. The van der Waals surface area contributed by atoms with E-state index in [1.165, 1.54) is 47.2 Å². The summed E-state index contributed by atoms with van der Waals surface area (Å²) in [6.07, 6.45) is 1.14. The zero-order valence-corrected chi connectivity index (χ0v) is 20.2. The number of hydrogen-bond acceptors (Lipinski definition) is 7. The standard InChI is InChI=1S/C22H25FN6O5S/c1-14(20(30)25-16-6-4-5-15(23)11-16)28-7-9-29(10-8-28)35(33,34)17-12-18-19(24-13-17)26(2)22(32)27(3)21(18)31/h4-6,11-14H,7-10H2,1-3H3,(H,25,30). The van der Waals surface area contributed by atoms with Crippen molar-refractivity contribution in [3.05, 3.63) is 63.2 Å². The van der Waals surface area contributed by atoms with Crippen molar-refractivity contribution in [3.63, 3.8) is 0 Å². The fourth-order valence-electron chi connectivity index (χ4n) is 4.05. The molecule has 35 heavy (non-hydrogen) atoms. The fourth-order valence-corrected chi connectivity index (χ4v) is 5.44. The number of benzene rings is 1. The molecule has 0 radical (unpaired) electrons. The van der Waals surface area contributed by atoms with Crippen molar-refractivity contribution >= 4 is 32.7 Å². The first kappa shape index (κ1) is 24.7. The largest absolute Gasteiger partial charge is 0.332 e. The molecular formula is C22H25FN6O5S. The Morgan fingerprint density at radius 1 is 1.09 bits per heavy atom. The molecule has 0 aliphatic carbocycles. The third kappa shape index (κ3) is 4.61. The number of carbonyl (C=O) groups excluding carboxylic acids is 1. The van der Waals surface area contributed by atoms with Crippen molar-refractivity contribution in [3.8, 4) is 0 Å². The smallest absolute Gasteiger partial charge is 0.325 e. The number of anilines is 1. The minimum absolute atomic E-state index is 0.0250. The number of piperazine rings is 1. The normalized spacial score (nSPS) is 16.3. The summed E-state index contributed by atoms with van der Waals surface area (Å²) < 4.78 is 43.2. The summed E-state index contributed by atoms with van der Waals surface area (Å²) in [7, 11) is -1.19. The minimum Gasteiger partial charge on any atom is -0.325 e. The van der Waals surface area contributed by atoms with E-state index in [4.69, 9.17) is 0 Å². The summed E-state index contributed by atoms with van der Waals surface area (Å²) in [5.74, 6) is -0.787. The number of aromatic nitrogens is 3. The van der Waals surface area contributed by atoms with Gasteiger partial charge in [-0.05, 0) is 31.2 Å². The van der Waals surface area contributed by atoms with Crippen LogP contribution in [-0.4, -0.2) is 69.9 Å². The van der Waals surface area contributed by atoms with Gasteiger partial charge < -0.3 is 5.32 Å². The quantitative estimate of drug-likeness (QED) is 0.522. The lowest BCUT2D eigenvalue weighted by molar-refractivity contribution is -0.121. The molecule has 1 aromatic carbocycles. The van der Waals surface area contributed by atoms with E-state index in [1.54, 1.807) is 13.0 Å². The summed E-state index contributed by atoms with van der Waals surface area (Å²) in [5.41, 5.74) is -0.747. The van der Waals surface area contributed by atoms with E-state index in [0.717, 1.165) is 10.8 Å². The Balaban J connectivity index is 1.49. The van der Waals surface area contributed by atoms with E-state index in [1.807, 2.05) is 4.90 Å². The van der Waals surface area contributed by atoms with Gasteiger partial charge in [0.05, 0.1) is 11.4 Å². The number of hydrogen-bond donors (Lipinski definition) is 1. The van der Waals surface area contributed by atoms with Crippen LogP contribution in [0.2, 0.25) is 0 Å². The second kappa shape index (κ2) is 9.32. The third-order valence-electron chi connectivity index (χ3n) is 6.20. The molecule has 0 saturated carbocycles. The van der Waals surface area contributed by atoms with E-state index >= 15 is 0 Å². The van der Waals surface area contributed by atoms with Gasteiger partial charge in [-0.25, -0.2) is 22.6 Å². The molecular weight excluding hydrogens is 479 g/mol. The Morgan fingerprint density at radius 3 is 2.43 bits per heavy atom.